The molecule has 1 saturated carbocycles. The smallest absolute Gasteiger partial charge is 0.221 e. The van der Waals surface area contributed by atoms with Crippen LogP contribution in [0.25, 0.3) is 0 Å². The molecule has 1 amide bonds. The average Bonchev–Trinajstić information content (AvgIpc) is 2.46. The zero-order valence-electron chi connectivity index (χ0n) is 13.4. The fraction of sp³-hybridized carbons (Fsp3) is 0.588. The number of carbonyl (C=O) groups excluding carboxylic acids is 1. The van der Waals surface area contributed by atoms with Crippen molar-refractivity contribution in [1.82, 2.24) is 0 Å². The Kier molecular flexibility index (Phi) is 4.88. The third-order valence-electron chi connectivity index (χ3n) is 4.66. The first-order valence-electron chi connectivity index (χ1n) is 7.75. The molecule has 0 bridgehead atoms. The molecule has 2 N–H and O–H groups in total. The number of hydrogen-bond donors (Lipinski definition) is 2. The standard InChI is InChI=1S/C17H26N2O2/c1-5-17(4)15(11-16(17)21-6-2)19-14-9-7-13(8-10-14)18-12(3)20/h7-10,15-16,19H,5-6,11H2,1-4H3,(H,18,20). The Morgan fingerprint density at radius 1 is 1.29 bits per heavy atom. The molecule has 0 heterocycles. The SMILES string of the molecule is CCOC1CC(Nc2ccc(NC(C)=O)cc2)C1(C)CC. The van der Waals surface area contributed by atoms with Crippen LogP contribution in [-0.2, 0) is 9.53 Å². The zero-order valence-corrected chi connectivity index (χ0v) is 13.4. The summed E-state index contributed by atoms with van der Waals surface area (Å²) in [5.41, 5.74) is 2.10. The fourth-order valence-corrected chi connectivity index (χ4v) is 3.03. The molecule has 1 aromatic rings. The van der Waals surface area contributed by atoms with Gasteiger partial charge in [-0.2, -0.15) is 0 Å². The summed E-state index contributed by atoms with van der Waals surface area (Å²) in [6, 6.07) is 8.30. The Balaban J connectivity index is 1.97. The molecule has 0 saturated heterocycles. The molecule has 0 radical (unpaired) electrons. The molecule has 1 fully saturated rings. The number of nitrogens with one attached hydrogen (secondary N) is 2. The minimum Gasteiger partial charge on any atom is -0.382 e. The molecule has 0 aliphatic heterocycles. The number of anilines is 2. The van der Waals surface area contributed by atoms with Crippen LogP contribution < -0.4 is 10.6 Å². The summed E-state index contributed by atoms with van der Waals surface area (Å²) in [5, 5.41) is 6.37. The van der Waals surface area contributed by atoms with Crippen molar-refractivity contribution < 1.29 is 9.53 Å². The molecule has 0 spiro atoms. The summed E-state index contributed by atoms with van der Waals surface area (Å²) in [4.78, 5) is 11.0. The molecule has 1 aromatic carbocycles. The largest absolute Gasteiger partial charge is 0.382 e. The second-order valence-corrected chi connectivity index (χ2v) is 5.99. The van der Waals surface area contributed by atoms with Gasteiger partial charge in [0.1, 0.15) is 0 Å². The van der Waals surface area contributed by atoms with E-state index < -0.39 is 0 Å². The van der Waals surface area contributed by atoms with Gasteiger partial charge in [-0.15, -0.1) is 0 Å². The van der Waals surface area contributed by atoms with Crippen molar-refractivity contribution in [2.45, 2.75) is 52.7 Å². The Morgan fingerprint density at radius 2 is 1.90 bits per heavy atom. The Bertz CT molecular complexity index is 486. The lowest BCUT2D eigenvalue weighted by Crippen LogP contribution is -2.59. The van der Waals surface area contributed by atoms with Crippen molar-refractivity contribution in [2.24, 2.45) is 5.41 Å². The molecule has 2 rings (SSSR count). The van der Waals surface area contributed by atoms with E-state index in [1.54, 1.807) is 0 Å². The first-order chi connectivity index (χ1) is 9.99. The van der Waals surface area contributed by atoms with Gasteiger partial charge in [-0.3, -0.25) is 4.79 Å². The number of carbonyl (C=O) groups is 1. The summed E-state index contributed by atoms with van der Waals surface area (Å²) in [5.74, 6) is -0.0483. The minimum absolute atomic E-state index is 0.0483. The monoisotopic (exact) mass is 290 g/mol. The molecule has 4 heteroatoms. The van der Waals surface area contributed by atoms with Crippen LogP contribution in [0.5, 0.6) is 0 Å². The predicted octanol–water partition coefficient (Wildman–Crippen LogP) is 3.65. The third kappa shape index (κ3) is 3.38. The maximum Gasteiger partial charge on any atom is 0.221 e. The molecule has 21 heavy (non-hydrogen) atoms. The highest BCUT2D eigenvalue weighted by atomic mass is 16.5. The molecule has 116 valence electrons. The van der Waals surface area contributed by atoms with Gasteiger partial charge in [-0.25, -0.2) is 0 Å². The van der Waals surface area contributed by atoms with Gasteiger partial charge < -0.3 is 15.4 Å². The summed E-state index contributed by atoms with van der Waals surface area (Å²) in [7, 11) is 0. The molecular formula is C17H26N2O2. The van der Waals surface area contributed by atoms with E-state index >= 15 is 0 Å². The van der Waals surface area contributed by atoms with E-state index in [1.165, 1.54) is 6.92 Å². The number of ether oxygens (including phenoxy) is 1. The van der Waals surface area contributed by atoms with Crippen molar-refractivity contribution in [3.05, 3.63) is 24.3 Å². The van der Waals surface area contributed by atoms with Gasteiger partial charge in [-0.05, 0) is 44.0 Å². The lowest BCUT2D eigenvalue weighted by molar-refractivity contribution is -0.114. The fourth-order valence-electron chi connectivity index (χ4n) is 3.03. The predicted molar refractivity (Wildman–Crippen MR) is 86.6 cm³/mol. The maximum atomic E-state index is 11.0. The Labute approximate surface area is 127 Å². The summed E-state index contributed by atoms with van der Waals surface area (Å²) >= 11 is 0. The first kappa shape index (κ1) is 15.8. The molecule has 1 aliphatic rings. The molecule has 0 aromatic heterocycles. The molecule has 3 atom stereocenters. The zero-order chi connectivity index (χ0) is 15.5. The average molecular weight is 290 g/mol. The normalized spacial score (nSPS) is 27.8. The van der Waals surface area contributed by atoms with Crippen LogP contribution in [0.2, 0.25) is 0 Å². The molecular weight excluding hydrogens is 264 g/mol. The highest BCUT2D eigenvalue weighted by Gasteiger charge is 2.51. The van der Waals surface area contributed by atoms with Crippen LogP contribution in [0, 0.1) is 5.41 Å². The van der Waals surface area contributed by atoms with Gasteiger partial charge in [0.05, 0.1) is 6.10 Å². The van der Waals surface area contributed by atoms with Crippen molar-refractivity contribution in [3.63, 3.8) is 0 Å². The van der Waals surface area contributed by atoms with E-state index in [2.05, 4.69) is 31.4 Å². The second-order valence-electron chi connectivity index (χ2n) is 5.99. The Morgan fingerprint density at radius 3 is 2.43 bits per heavy atom. The lowest BCUT2D eigenvalue weighted by Gasteiger charge is -2.54. The van der Waals surface area contributed by atoms with Crippen LogP contribution in [0.3, 0.4) is 0 Å². The van der Waals surface area contributed by atoms with Crippen molar-refractivity contribution in [3.8, 4) is 0 Å². The highest BCUT2D eigenvalue weighted by molar-refractivity contribution is 5.88. The quantitative estimate of drug-likeness (QED) is 0.841. The first-order valence-corrected chi connectivity index (χ1v) is 7.75. The summed E-state index contributed by atoms with van der Waals surface area (Å²) < 4.78 is 5.83. The topological polar surface area (TPSA) is 50.4 Å². The van der Waals surface area contributed by atoms with E-state index in [4.69, 9.17) is 4.74 Å². The summed E-state index contributed by atoms with van der Waals surface area (Å²) in [6.45, 7) is 8.86. The van der Waals surface area contributed by atoms with Gasteiger partial charge in [0.2, 0.25) is 5.91 Å². The van der Waals surface area contributed by atoms with Crippen molar-refractivity contribution in [1.29, 1.82) is 0 Å². The van der Waals surface area contributed by atoms with E-state index in [0.717, 1.165) is 30.8 Å². The van der Waals surface area contributed by atoms with E-state index in [-0.39, 0.29) is 11.3 Å². The van der Waals surface area contributed by atoms with Crippen LogP contribution >= 0.6 is 0 Å². The van der Waals surface area contributed by atoms with Gasteiger partial charge in [-0.1, -0.05) is 13.8 Å². The van der Waals surface area contributed by atoms with Gasteiger partial charge >= 0.3 is 0 Å². The van der Waals surface area contributed by atoms with E-state index in [9.17, 15) is 4.79 Å². The van der Waals surface area contributed by atoms with Crippen molar-refractivity contribution in [2.75, 3.05) is 17.2 Å². The number of amides is 1. The van der Waals surface area contributed by atoms with Crippen LogP contribution in [-0.4, -0.2) is 24.7 Å². The van der Waals surface area contributed by atoms with Crippen LogP contribution in [0.15, 0.2) is 24.3 Å². The molecule has 3 unspecified atom stereocenters. The van der Waals surface area contributed by atoms with Gasteiger partial charge in [0.25, 0.3) is 0 Å². The molecule has 1 aliphatic carbocycles. The highest BCUT2D eigenvalue weighted by Crippen LogP contribution is 2.47. The lowest BCUT2D eigenvalue weighted by atomic mass is 9.61. The third-order valence-corrected chi connectivity index (χ3v) is 4.66. The Hall–Kier alpha value is -1.55. The second kappa shape index (κ2) is 6.48. The van der Waals surface area contributed by atoms with Crippen LogP contribution in [0.4, 0.5) is 11.4 Å². The number of rotatable bonds is 6. The van der Waals surface area contributed by atoms with Crippen molar-refractivity contribution >= 4 is 17.3 Å². The number of benzene rings is 1. The van der Waals surface area contributed by atoms with Gasteiger partial charge in [0, 0.05) is 36.4 Å². The molecule has 4 nitrogen and oxygen atoms in total. The van der Waals surface area contributed by atoms with Gasteiger partial charge in [0.15, 0.2) is 0 Å². The number of hydrogen-bond acceptors (Lipinski definition) is 3. The van der Waals surface area contributed by atoms with E-state index in [1.807, 2.05) is 24.3 Å². The van der Waals surface area contributed by atoms with E-state index in [0.29, 0.717) is 12.1 Å². The summed E-state index contributed by atoms with van der Waals surface area (Å²) in [6.07, 6.45) is 2.49. The van der Waals surface area contributed by atoms with Crippen LogP contribution in [0.1, 0.15) is 40.5 Å². The minimum atomic E-state index is -0.0483. The maximum absolute atomic E-state index is 11.0.